The maximum absolute atomic E-state index is 13.3. The molecule has 0 aliphatic carbocycles. The van der Waals surface area contributed by atoms with Crippen molar-refractivity contribution in [3.05, 3.63) is 77.5 Å². The zero-order valence-electron chi connectivity index (χ0n) is 11.3. The fourth-order valence-electron chi connectivity index (χ4n) is 2.43. The van der Waals surface area contributed by atoms with Crippen molar-refractivity contribution in [3.8, 4) is 0 Å². The highest BCUT2D eigenvalue weighted by Crippen LogP contribution is 2.23. The number of halogens is 2. The van der Waals surface area contributed by atoms with E-state index in [2.05, 4.69) is 4.98 Å². The SMILES string of the molecule is NC(Cc1ccnc2ccccc12)c1ccc(F)c(F)c1. The Kier molecular flexibility index (Phi) is 3.62. The lowest BCUT2D eigenvalue weighted by molar-refractivity contribution is 0.505. The molecule has 1 unspecified atom stereocenters. The van der Waals surface area contributed by atoms with Crippen molar-refractivity contribution in [3.63, 3.8) is 0 Å². The number of nitrogens with zero attached hydrogens (tertiary/aromatic N) is 1. The molecule has 0 aliphatic rings. The molecular formula is C17H14F2N2. The van der Waals surface area contributed by atoms with E-state index in [0.717, 1.165) is 28.6 Å². The Labute approximate surface area is 121 Å². The summed E-state index contributed by atoms with van der Waals surface area (Å²) in [7, 11) is 0. The van der Waals surface area contributed by atoms with Gasteiger partial charge in [-0.3, -0.25) is 4.98 Å². The molecule has 106 valence electrons. The van der Waals surface area contributed by atoms with Crippen molar-refractivity contribution < 1.29 is 8.78 Å². The summed E-state index contributed by atoms with van der Waals surface area (Å²) < 4.78 is 26.3. The van der Waals surface area contributed by atoms with Gasteiger partial charge in [-0.1, -0.05) is 24.3 Å². The van der Waals surface area contributed by atoms with Crippen molar-refractivity contribution in [2.75, 3.05) is 0 Å². The van der Waals surface area contributed by atoms with Crippen molar-refractivity contribution in [1.29, 1.82) is 0 Å². The first-order valence-electron chi connectivity index (χ1n) is 6.68. The van der Waals surface area contributed by atoms with E-state index in [1.165, 1.54) is 6.07 Å². The van der Waals surface area contributed by atoms with Crippen LogP contribution >= 0.6 is 0 Å². The molecule has 0 aliphatic heterocycles. The molecule has 0 saturated carbocycles. The number of fused-ring (bicyclic) bond motifs is 1. The van der Waals surface area contributed by atoms with Crippen LogP contribution in [0.2, 0.25) is 0 Å². The molecule has 0 saturated heterocycles. The van der Waals surface area contributed by atoms with Crippen LogP contribution in [0.25, 0.3) is 10.9 Å². The zero-order chi connectivity index (χ0) is 14.8. The molecule has 21 heavy (non-hydrogen) atoms. The van der Waals surface area contributed by atoms with Gasteiger partial charge in [-0.05, 0) is 41.8 Å². The fraction of sp³-hybridized carbons (Fsp3) is 0.118. The second kappa shape index (κ2) is 5.58. The molecule has 2 nitrogen and oxygen atoms in total. The minimum absolute atomic E-state index is 0.397. The van der Waals surface area contributed by atoms with Gasteiger partial charge in [0.25, 0.3) is 0 Å². The van der Waals surface area contributed by atoms with E-state index in [1.807, 2.05) is 30.3 Å². The Morgan fingerprint density at radius 2 is 1.81 bits per heavy atom. The maximum atomic E-state index is 13.3. The van der Waals surface area contributed by atoms with Gasteiger partial charge < -0.3 is 5.73 Å². The summed E-state index contributed by atoms with van der Waals surface area (Å²) in [6, 6.07) is 13.1. The molecule has 1 aromatic heterocycles. The van der Waals surface area contributed by atoms with E-state index in [1.54, 1.807) is 6.20 Å². The molecule has 1 heterocycles. The van der Waals surface area contributed by atoms with Crippen LogP contribution in [0.1, 0.15) is 17.2 Å². The molecule has 4 heteroatoms. The minimum atomic E-state index is -0.873. The highest BCUT2D eigenvalue weighted by Gasteiger charge is 2.12. The lowest BCUT2D eigenvalue weighted by atomic mass is 9.97. The number of nitrogens with two attached hydrogens (primary N) is 1. The van der Waals surface area contributed by atoms with Crippen LogP contribution in [0.3, 0.4) is 0 Å². The smallest absolute Gasteiger partial charge is 0.159 e. The first-order chi connectivity index (χ1) is 10.1. The molecule has 3 rings (SSSR count). The van der Waals surface area contributed by atoms with Gasteiger partial charge in [-0.25, -0.2) is 8.78 Å². The van der Waals surface area contributed by atoms with Gasteiger partial charge in [-0.15, -0.1) is 0 Å². The Hall–Kier alpha value is -2.33. The summed E-state index contributed by atoms with van der Waals surface area (Å²) >= 11 is 0. The molecule has 3 aromatic rings. The van der Waals surface area contributed by atoms with Gasteiger partial charge in [0.2, 0.25) is 0 Å². The van der Waals surface area contributed by atoms with Crippen molar-refractivity contribution >= 4 is 10.9 Å². The Balaban J connectivity index is 1.92. The molecule has 2 aromatic carbocycles. The van der Waals surface area contributed by atoms with E-state index >= 15 is 0 Å². The predicted molar refractivity (Wildman–Crippen MR) is 78.7 cm³/mol. The quantitative estimate of drug-likeness (QED) is 0.795. The van der Waals surface area contributed by atoms with E-state index in [0.29, 0.717) is 12.0 Å². The Bertz CT molecular complexity index is 781. The van der Waals surface area contributed by atoms with Crippen LogP contribution in [0.4, 0.5) is 8.78 Å². The summed E-state index contributed by atoms with van der Waals surface area (Å²) in [5.74, 6) is -1.73. The van der Waals surface area contributed by atoms with E-state index in [4.69, 9.17) is 5.73 Å². The highest BCUT2D eigenvalue weighted by atomic mass is 19.2. The number of rotatable bonds is 3. The van der Waals surface area contributed by atoms with Crippen molar-refractivity contribution in [2.24, 2.45) is 5.73 Å². The van der Waals surface area contributed by atoms with Crippen LogP contribution in [-0.2, 0) is 6.42 Å². The molecule has 2 N–H and O–H groups in total. The van der Waals surface area contributed by atoms with Gasteiger partial charge in [0, 0.05) is 17.6 Å². The fourth-order valence-corrected chi connectivity index (χ4v) is 2.43. The lowest BCUT2D eigenvalue weighted by Gasteiger charge is -2.14. The van der Waals surface area contributed by atoms with Gasteiger partial charge in [-0.2, -0.15) is 0 Å². The third-order valence-electron chi connectivity index (χ3n) is 3.55. The standard InChI is InChI=1S/C17H14F2N2/c18-14-6-5-12(9-15(14)19)16(20)10-11-7-8-21-17-4-2-1-3-13(11)17/h1-9,16H,10,20H2. The van der Waals surface area contributed by atoms with Crippen LogP contribution < -0.4 is 5.73 Å². The summed E-state index contributed by atoms with van der Waals surface area (Å²) in [4.78, 5) is 4.30. The summed E-state index contributed by atoms with van der Waals surface area (Å²) in [6.07, 6.45) is 2.27. The minimum Gasteiger partial charge on any atom is -0.324 e. The van der Waals surface area contributed by atoms with Crippen molar-refractivity contribution in [1.82, 2.24) is 4.98 Å². The number of pyridine rings is 1. The molecule has 1 atom stereocenters. The van der Waals surface area contributed by atoms with Gasteiger partial charge >= 0.3 is 0 Å². The third kappa shape index (κ3) is 2.76. The Morgan fingerprint density at radius 3 is 2.62 bits per heavy atom. The predicted octanol–water partition coefficient (Wildman–Crippen LogP) is 3.76. The largest absolute Gasteiger partial charge is 0.324 e. The molecule has 0 fully saturated rings. The van der Waals surface area contributed by atoms with Crippen LogP contribution in [0, 0.1) is 11.6 Å². The van der Waals surface area contributed by atoms with Crippen LogP contribution in [0.5, 0.6) is 0 Å². The van der Waals surface area contributed by atoms with E-state index < -0.39 is 17.7 Å². The molecule has 0 amide bonds. The second-order valence-electron chi connectivity index (χ2n) is 4.97. The number of aromatic nitrogens is 1. The number of hydrogen-bond donors (Lipinski definition) is 1. The van der Waals surface area contributed by atoms with E-state index in [9.17, 15) is 8.78 Å². The number of hydrogen-bond acceptors (Lipinski definition) is 2. The molecular weight excluding hydrogens is 270 g/mol. The summed E-state index contributed by atoms with van der Waals surface area (Å²) in [6.45, 7) is 0. The average molecular weight is 284 g/mol. The first-order valence-corrected chi connectivity index (χ1v) is 6.68. The topological polar surface area (TPSA) is 38.9 Å². The number of para-hydroxylation sites is 1. The normalized spacial score (nSPS) is 12.5. The highest BCUT2D eigenvalue weighted by molar-refractivity contribution is 5.81. The first kappa shape index (κ1) is 13.6. The van der Waals surface area contributed by atoms with Gasteiger partial charge in [0.1, 0.15) is 0 Å². The molecule has 0 bridgehead atoms. The molecule has 0 spiro atoms. The van der Waals surface area contributed by atoms with Crippen LogP contribution in [0.15, 0.2) is 54.7 Å². The van der Waals surface area contributed by atoms with Crippen molar-refractivity contribution in [2.45, 2.75) is 12.5 Å². The Morgan fingerprint density at radius 1 is 1.00 bits per heavy atom. The maximum Gasteiger partial charge on any atom is 0.159 e. The monoisotopic (exact) mass is 284 g/mol. The number of benzene rings is 2. The third-order valence-corrected chi connectivity index (χ3v) is 3.55. The summed E-state index contributed by atoms with van der Waals surface area (Å²) in [5.41, 5.74) is 8.64. The van der Waals surface area contributed by atoms with Crippen LogP contribution in [-0.4, -0.2) is 4.98 Å². The van der Waals surface area contributed by atoms with E-state index in [-0.39, 0.29) is 0 Å². The average Bonchev–Trinajstić information content (AvgIpc) is 2.50. The summed E-state index contributed by atoms with van der Waals surface area (Å²) in [5, 5.41) is 1.03. The zero-order valence-corrected chi connectivity index (χ0v) is 11.3. The second-order valence-corrected chi connectivity index (χ2v) is 4.97. The lowest BCUT2D eigenvalue weighted by Crippen LogP contribution is -2.14. The van der Waals surface area contributed by atoms with Gasteiger partial charge in [0.15, 0.2) is 11.6 Å². The molecule has 0 radical (unpaired) electrons. The van der Waals surface area contributed by atoms with Gasteiger partial charge in [0.05, 0.1) is 5.52 Å².